The Kier molecular flexibility index (Phi) is 2.82. The van der Waals surface area contributed by atoms with Crippen LogP contribution in [-0.4, -0.2) is 12.2 Å². The first-order chi connectivity index (χ1) is 7.20. The predicted molar refractivity (Wildman–Crippen MR) is 58.9 cm³/mol. The molecule has 15 heavy (non-hydrogen) atoms. The minimum absolute atomic E-state index is 0.0364. The van der Waals surface area contributed by atoms with Gasteiger partial charge >= 0.3 is 0 Å². The van der Waals surface area contributed by atoms with Crippen LogP contribution in [0.1, 0.15) is 30.9 Å². The Morgan fingerprint density at radius 1 is 1.53 bits per heavy atom. The maximum atomic E-state index is 9.61. The lowest BCUT2D eigenvalue weighted by Gasteiger charge is -2.12. The average Bonchev–Trinajstić information content (AvgIpc) is 3.01. The van der Waals surface area contributed by atoms with Gasteiger partial charge in [0.25, 0.3) is 0 Å². The molecule has 1 fully saturated rings. The van der Waals surface area contributed by atoms with Crippen molar-refractivity contribution in [2.24, 2.45) is 11.7 Å². The summed E-state index contributed by atoms with van der Waals surface area (Å²) in [4.78, 5) is 0. The molecule has 1 saturated carbocycles. The van der Waals surface area contributed by atoms with E-state index in [1.165, 1.54) is 12.8 Å². The lowest BCUT2D eigenvalue weighted by molar-refractivity contribution is 0.372. The molecule has 3 nitrogen and oxygen atoms in total. The monoisotopic (exact) mass is 207 g/mol. The number of benzene rings is 1. The molecule has 1 atom stereocenters. The molecule has 3 N–H and O–H groups in total. The molecule has 1 aromatic rings. The van der Waals surface area contributed by atoms with Gasteiger partial charge in [0.15, 0.2) is 11.5 Å². The average molecular weight is 207 g/mol. The third kappa shape index (κ3) is 2.42. The van der Waals surface area contributed by atoms with Crippen molar-refractivity contribution in [3.05, 3.63) is 23.8 Å². The zero-order valence-electron chi connectivity index (χ0n) is 8.94. The fourth-order valence-electron chi connectivity index (χ4n) is 1.79. The topological polar surface area (TPSA) is 55.5 Å². The minimum Gasteiger partial charge on any atom is -0.504 e. The third-order valence-corrected chi connectivity index (χ3v) is 2.92. The van der Waals surface area contributed by atoms with E-state index in [4.69, 9.17) is 10.5 Å². The molecule has 2 rings (SSSR count). The molecule has 1 aliphatic rings. The second-order valence-electron chi connectivity index (χ2n) is 4.22. The van der Waals surface area contributed by atoms with Gasteiger partial charge in [0.05, 0.1) is 7.11 Å². The Labute approximate surface area is 89.9 Å². The summed E-state index contributed by atoms with van der Waals surface area (Å²) in [5.41, 5.74) is 7.03. The van der Waals surface area contributed by atoms with Crippen LogP contribution in [0.15, 0.2) is 18.2 Å². The second-order valence-corrected chi connectivity index (χ2v) is 4.22. The molecule has 0 bridgehead atoms. The summed E-state index contributed by atoms with van der Waals surface area (Å²) in [6, 6.07) is 5.42. The van der Waals surface area contributed by atoms with Crippen molar-refractivity contribution in [1.29, 1.82) is 0 Å². The highest BCUT2D eigenvalue weighted by Crippen LogP contribution is 2.38. The van der Waals surface area contributed by atoms with Crippen molar-refractivity contribution in [2.45, 2.75) is 25.3 Å². The van der Waals surface area contributed by atoms with Crippen LogP contribution >= 0.6 is 0 Å². The minimum atomic E-state index is 0.0364. The molecule has 0 radical (unpaired) electrons. The van der Waals surface area contributed by atoms with Gasteiger partial charge in [0, 0.05) is 6.04 Å². The highest BCUT2D eigenvalue weighted by atomic mass is 16.5. The Balaban J connectivity index is 2.09. The van der Waals surface area contributed by atoms with Crippen molar-refractivity contribution in [1.82, 2.24) is 0 Å². The number of phenols is 1. The number of methoxy groups -OCH3 is 1. The third-order valence-electron chi connectivity index (χ3n) is 2.92. The molecule has 3 heteroatoms. The molecular weight excluding hydrogens is 190 g/mol. The van der Waals surface area contributed by atoms with E-state index in [1.54, 1.807) is 19.2 Å². The van der Waals surface area contributed by atoms with E-state index in [-0.39, 0.29) is 11.8 Å². The summed E-state index contributed by atoms with van der Waals surface area (Å²) in [6.07, 6.45) is 3.62. The first-order valence-electron chi connectivity index (χ1n) is 5.33. The summed E-state index contributed by atoms with van der Waals surface area (Å²) in [7, 11) is 1.54. The van der Waals surface area contributed by atoms with Crippen LogP contribution in [0.4, 0.5) is 0 Å². The van der Waals surface area contributed by atoms with E-state index < -0.39 is 0 Å². The summed E-state index contributed by atoms with van der Waals surface area (Å²) >= 11 is 0. The number of hydrogen-bond acceptors (Lipinski definition) is 3. The van der Waals surface area contributed by atoms with Gasteiger partial charge in [-0.25, -0.2) is 0 Å². The molecule has 0 aromatic heterocycles. The van der Waals surface area contributed by atoms with Crippen LogP contribution in [0.2, 0.25) is 0 Å². The predicted octanol–water partition coefficient (Wildman–Crippen LogP) is 2.20. The number of ether oxygens (including phenoxy) is 1. The highest BCUT2D eigenvalue weighted by molar-refractivity contribution is 5.42. The normalized spacial score (nSPS) is 17.5. The molecule has 82 valence electrons. The summed E-state index contributed by atoms with van der Waals surface area (Å²) in [6.45, 7) is 0. The van der Waals surface area contributed by atoms with Gasteiger partial charge in [-0.3, -0.25) is 0 Å². The van der Waals surface area contributed by atoms with Gasteiger partial charge in [0.1, 0.15) is 0 Å². The van der Waals surface area contributed by atoms with Gasteiger partial charge in [0.2, 0.25) is 0 Å². The maximum Gasteiger partial charge on any atom is 0.160 e. The van der Waals surface area contributed by atoms with Crippen molar-refractivity contribution in [3.8, 4) is 11.5 Å². The van der Waals surface area contributed by atoms with Gasteiger partial charge in [-0.15, -0.1) is 0 Å². The van der Waals surface area contributed by atoms with Crippen LogP contribution < -0.4 is 10.5 Å². The number of rotatable bonds is 4. The molecule has 0 unspecified atom stereocenters. The van der Waals surface area contributed by atoms with Crippen LogP contribution in [0, 0.1) is 5.92 Å². The molecule has 0 saturated heterocycles. The van der Waals surface area contributed by atoms with Gasteiger partial charge in [-0.2, -0.15) is 0 Å². The fourth-order valence-corrected chi connectivity index (χ4v) is 1.79. The molecular formula is C12H17NO2. The number of aromatic hydroxyl groups is 1. The van der Waals surface area contributed by atoms with Gasteiger partial charge in [-0.05, 0) is 30.0 Å². The zero-order chi connectivity index (χ0) is 10.8. The van der Waals surface area contributed by atoms with Gasteiger partial charge in [-0.1, -0.05) is 18.9 Å². The van der Waals surface area contributed by atoms with E-state index >= 15 is 0 Å². The van der Waals surface area contributed by atoms with Gasteiger partial charge < -0.3 is 15.6 Å². The van der Waals surface area contributed by atoms with Crippen molar-refractivity contribution in [3.63, 3.8) is 0 Å². The van der Waals surface area contributed by atoms with E-state index in [2.05, 4.69) is 0 Å². The lowest BCUT2D eigenvalue weighted by atomic mass is 10.0. The Morgan fingerprint density at radius 2 is 2.27 bits per heavy atom. The summed E-state index contributed by atoms with van der Waals surface area (Å²) < 4.78 is 4.98. The SMILES string of the molecule is COc1ccc([C@@H](N)CC2CC2)cc1O. The summed E-state index contributed by atoms with van der Waals surface area (Å²) in [5, 5.41) is 9.61. The van der Waals surface area contributed by atoms with Crippen molar-refractivity contribution < 1.29 is 9.84 Å². The molecule has 0 spiro atoms. The molecule has 1 aliphatic carbocycles. The lowest BCUT2D eigenvalue weighted by Crippen LogP contribution is -2.10. The largest absolute Gasteiger partial charge is 0.504 e. The highest BCUT2D eigenvalue weighted by Gasteiger charge is 2.24. The first kappa shape index (κ1) is 10.3. The molecule has 0 amide bonds. The van der Waals surface area contributed by atoms with Crippen LogP contribution in [0.5, 0.6) is 11.5 Å². The van der Waals surface area contributed by atoms with Crippen LogP contribution in [0.25, 0.3) is 0 Å². The Hall–Kier alpha value is -1.22. The summed E-state index contributed by atoms with van der Waals surface area (Å²) in [5.74, 6) is 1.46. The van der Waals surface area contributed by atoms with Crippen LogP contribution in [0.3, 0.4) is 0 Å². The zero-order valence-corrected chi connectivity index (χ0v) is 8.94. The van der Waals surface area contributed by atoms with Crippen molar-refractivity contribution in [2.75, 3.05) is 7.11 Å². The molecule has 1 aromatic carbocycles. The standard InChI is InChI=1S/C12H17NO2/c1-15-12-5-4-9(7-11(12)14)10(13)6-8-2-3-8/h4-5,7-8,10,14H,2-3,6,13H2,1H3/t10-/m0/s1. The van der Waals surface area contributed by atoms with E-state index in [1.807, 2.05) is 6.07 Å². The number of nitrogens with two attached hydrogens (primary N) is 1. The van der Waals surface area contributed by atoms with E-state index in [0.717, 1.165) is 17.9 Å². The molecule has 0 heterocycles. The maximum absolute atomic E-state index is 9.61. The first-order valence-corrected chi connectivity index (χ1v) is 5.33. The van der Waals surface area contributed by atoms with E-state index in [0.29, 0.717) is 5.75 Å². The Morgan fingerprint density at radius 3 is 2.80 bits per heavy atom. The quantitative estimate of drug-likeness (QED) is 0.795. The van der Waals surface area contributed by atoms with Crippen LogP contribution in [-0.2, 0) is 0 Å². The number of hydrogen-bond donors (Lipinski definition) is 2. The van der Waals surface area contributed by atoms with Crippen molar-refractivity contribution >= 4 is 0 Å². The molecule has 0 aliphatic heterocycles. The second kappa shape index (κ2) is 4.11. The smallest absolute Gasteiger partial charge is 0.160 e. The fraction of sp³-hybridized carbons (Fsp3) is 0.500. The Bertz CT molecular complexity index is 347. The number of phenolic OH excluding ortho intramolecular Hbond substituents is 1. The van der Waals surface area contributed by atoms with E-state index in [9.17, 15) is 5.11 Å².